The summed E-state index contributed by atoms with van der Waals surface area (Å²) >= 11 is 0. The third-order valence-electron chi connectivity index (χ3n) is 4.64. The minimum Gasteiger partial charge on any atom is -0.342 e. The lowest BCUT2D eigenvalue weighted by molar-refractivity contribution is -0.132. The molecule has 0 aromatic carbocycles. The highest BCUT2D eigenvalue weighted by Crippen LogP contribution is 2.14. The summed E-state index contributed by atoms with van der Waals surface area (Å²) < 4.78 is 0. The molecule has 4 nitrogen and oxygen atoms in total. The number of rotatable bonds is 4. The third kappa shape index (κ3) is 5.41. The average Bonchev–Trinajstić information content (AvgIpc) is 2.38. The molecule has 0 aliphatic carbocycles. The van der Waals surface area contributed by atoms with Crippen LogP contribution in [0.25, 0.3) is 0 Å². The number of hydrogen-bond donors (Lipinski definition) is 1. The molecule has 0 radical (unpaired) electrons. The van der Waals surface area contributed by atoms with Crippen LogP contribution in [0.3, 0.4) is 0 Å². The van der Waals surface area contributed by atoms with Crippen LogP contribution in [0, 0.1) is 5.92 Å². The Morgan fingerprint density at radius 3 is 2.35 bits per heavy atom. The van der Waals surface area contributed by atoms with E-state index in [9.17, 15) is 4.79 Å². The van der Waals surface area contributed by atoms with Crippen molar-refractivity contribution in [2.45, 2.75) is 44.9 Å². The maximum Gasteiger partial charge on any atom is 0.236 e. The number of carbonyl (C=O) groups is 1. The van der Waals surface area contributed by atoms with E-state index in [0.717, 1.165) is 38.6 Å². The molecule has 2 aliphatic rings. The van der Waals surface area contributed by atoms with Gasteiger partial charge in [-0.15, -0.1) is 0 Å². The van der Waals surface area contributed by atoms with Gasteiger partial charge in [0.25, 0.3) is 0 Å². The second-order valence-corrected chi connectivity index (χ2v) is 6.54. The summed E-state index contributed by atoms with van der Waals surface area (Å²) in [4.78, 5) is 16.7. The quantitative estimate of drug-likeness (QED) is 0.852. The Labute approximate surface area is 123 Å². The highest BCUT2D eigenvalue weighted by Gasteiger charge is 2.19. The zero-order chi connectivity index (χ0) is 14.2. The zero-order valence-corrected chi connectivity index (χ0v) is 13.1. The normalized spacial score (nSPS) is 22.6. The Morgan fingerprint density at radius 1 is 1.10 bits per heavy atom. The summed E-state index contributed by atoms with van der Waals surface area (Å²) in [5.41, 5.74) is 0. The molecule has 0 unspecified atom stereocenters. The predicted octanol–water partition coefficient (Wildman–Crippen LogP) is 1.71. The summed E-state index contributed by atoms with van der Waals surface area (Å²) in [6.45, 7) is 5.89. The molecular formula is C16H31N3O. The fourth-order valence-corrected chi connectivity index (χ4v) is 3.40. The van der Waals surface area contributed by atoms with Gasteiger partial charge in [0.2, 0.25) is 5.91 Å². The fourth-order valence-electron chi connectivity index (χ4n) is 3.40. The van der Waals surface area contributed by atoms with Gasteiger partial charge in [0, 0.05) is 19.6 Å². The van der Waals surface area contributed by atoms with E-state index in [0.29, 0.717) is 12.5 Å². The zero-order valence-electron chi connectivity index (χ0n) is 13.1. The lowest BCUT2D eigenvalue weighted by Gasteiger charge is -2.30. The lowest BCUT2D eigenvalue weighted by atomic mass is 9.98. The van der Waals surface area contributed by atoms with Gasteiger partial charge in [0.05, 0.1) is 6.54 Å². The Morgan fingerprint density at radius 2 is 1.70 bits per heavy atom. The van der Waals surface area contributed by atoms with Crippen molar-refractivity contribution < 1.29 is 4.79 Å². The first-order chi connectivity index (χ1) is 9.75. The molecular weight excluding hydrogens is 250 g/mol. The average molecular weight is 281 g/mol. The van der Waals surface area contributed by atoms with Crippen LogP contribution in [0.5, 0.6) is 0 Å². The molecule has 20 heavy (non-hydrogen) atoms. The molecule has 2 saturated heterocycles. The standard InChI is InChI=1S/C16H31N3O/c1-18(13-15-7-9-17-10-8-15)14-16(20)19-11-5-3-2-4-6-12-19/h15,17H,2-14H2,1H3. The first kappa shape index (κ1) is 15.8. The molecule has 2 rings (SSSR count). The van der Waals surface area contributed by atoms with E-state index < -0.39 is 0 Å². The maximum absolute atomic E-state index is 12.4. The molecule has 116 valence electrons. The van der Waals surface area contributed by atoms with Crippen molar-refractivity contribution in [2.75, 3.05) is 46.3 Å². The van der Waals surface area contributed by atoms with Crippen LogP contribution in [-0.2, 0) is 4.79 Å². The van der Waals surface area contributed by atoms with Crippen LogP contribution < -0.4 is 5.32 Å². The van der Waals surface area contributed by atoms with Crippen LogP contribution in [0.15, 0.2) is 0 Å². The SMILES string of the molecule is CN(CC(=O)N1CCCCCCC1)CC1CCNCC1. The molecule has 0 spiro atoms. The number of likely N-dealkylation sites (tertiary alicyclic amines) is 1. The lowest BCUT2D eigenvalue weighted by Crippen LogP contribution is -2.42. The molecule has 4 heteroatoms. The molecule has 0 saturated carbocycles. The van der Waals surface area contributed by atoms with Crippen molar-refractivity contribution in [3.05, 3.63) is 0 Å². The number of carbonyl (C=O) groups excluding carboxylic acids is 1. The monoisotopic (exact) mass is 281 g/mol. The molecule has 0 aromatic rings. The van der Waals surface area contributed by atoms with Gasteiger partial charge in [0.1, 0.15) is 0 Å². The number of nitrogens with zero attached hydrogens (tertiary/aromatic N) is 2. The van der Waals surface area contributed by atoms with Gasteiger partial charge < -0.3 is 10.2 Å². The predicted molar refractivity (Wildman–Crippen MR) is 82.8 cm³/mol. The van der Waals surface area contributed by atoms with Crippen LogP contribution >= 0.6 is 0 Å². The Kier molecular flexibility index (Phi) is 6.80. The Hall–Kier alpha value is -0.610. The summed E-state index contributed by atoms with van der Waals surface area (Å²) in [6, 6.07) is 0. The van der Waals surface area contributed by atoms with Crippen molar-refractivity contribution in [3.63, 3.8) is 0 Å². The molecule has 2 aliphatic heterocycles. The van der Waals surface area contributed by atoms with Crippen molar-refractivity contribution in [3.8, 4) is 0 Å². The Bertz CT molecular complexity index is 281. The van der Waals surface area contributed by atoms with Gasteiger partial charge in [-0.25, -0.2) is 0 Å². The molecule has 0 bridgehead atoms. The summed E-state index contributed by atoms with van der Waals surface area (Å²) in [5, 5.41) is 3.40. The van der Waals surface area contributed by atoms with Crippen molar-refractivity contribution in [2.24, 2.45) is 5.92 Å². The van der Waals surface area contributed by atoms with Crippen LogP contribution in [0.1, 0.15) is 44.9 Å². The largest absolute Gasteiger partial charge is 0.342 e. The third-order valence-corrected chi connectivity index (χ3v) is 4.64. The second kappa shape index (κ2) is 8.63. The van der Waals surface area contributed by atoms with E-state index in [2.05, 4.69) is 22.2 Å². The van der Waals surface area contributed by atoms with E-state index >= 15 is 0 Å². The highest BCUT2D eigenvalue weighted by atomic mass is 16.2. The van der Waals surface area contributed by atoms with Gasteiger partial charge in [0.15, 0.2) is 0 Å². The first-order valence-electron chi connectivity index (χ1n) is 8.43. The summed E-state index contributed by atoms with van der Waals surface area (Å²) in [7, 11) is 2.10. The number of hydrogen-bond acceptors (Lipinski definition) is 3. The fraction of sp³-hybridized carbons (Fsp3) is 0.938. The minimum absolute atomic E-state index is 0.336. The van der Waals surface area contributed by atoms with E-state index in [1.165, 1.54) is 44.9 Å². The minimum atomic E-state index is 0.336. The molecule has 1 N–H and O–H groups in total. The molecule has 2 heterocycles. The topological polar surface area (TPSA) is 35.6 Å². The number of amides is 1. The molecule has 1 amide bonds. The Balaban J connectivity index is 1.71. The van der Waals surface area contributed by atoms with E-state index in [-0.39, 0.29) is 0 Å². The highest BCUT2D eigenvalue weighted by molar-refractivity contribution is 5.78. The first-order valence-corrected chi connectivity index (χ1v) is 8.43. The molecule has 2 fully saturated rings. The smallest absolute Gasteiger partial charge is 0.236 e. The molecule has 0 aromatic heterocycles. The maximum atomic E-state index is 12.4. The van der Waals surface area contributed by atoms with E-state index in [1.54, 1.807) is 0 Å². The van der Waals surface area contributed by atoms with Crippen molar-refractivity contribution in [1.82, 2.24) is 15.1 Å². The number of piperidine rings is 1. The van der Waals surface area contributed by atoms with Crippen molar-refractivity contribution >= 4 is 5.91 Å². The van der Waals surface area contributed by atoms with Crippen LogP contribution in [0.4, 0.5) is 0 Å². The van der Waals surface area contributed by atoms with Crippen molar-refractivity contribution in [1.29, 1.82) is 0 Å². The van der Waals surface area contributed by atoms with E-state index in [1.807, 2.05) is 0 Å². The molecule has 0 atom stereocenters. The number of nitrogens with one attached hydrogen (secondary N) is 1. The van der Waals surface area contributed by atoms with Crippen LogP contribution in [-0.4, -0.2) is 62.0 Å². The van der Waals surface area contributed by atoms with E-state index in [4.69, 9.17) is 0 Å². The van der Waals surface area contributed by atoms with Gasteiger partial charge in [-0.3, -0.25) is 9.69 Å². The van der Waals surface area contributed by atoms with Crippen LogP contribution in [0.2, 0.25) is 0 Å². The summed E-state index contributed by atoms with van der Waals surface area (Å²) in [6.07, 6.45) is 8.79. The van der Waals surface area contributed by atoms with Gasteiger partial charge >= 0.3 is 0 Å². The summed E-state index contributed by atoms with van der Waals surface area (Å²) in [5.74, 6) is 1.10. The van der Waals surface area contributed by atoms with Gasteiger partial charge in [-0.2, -0.15) is 0 Å². The van der Waals surface area contributed by atoms with Gasteiger partial charge in [-0.05, 0) is 51.7 Å². The second-order valence-electron chi connectivity index (χ2n) is 6.54. The number of likely N-dealkylation sites (N-methyl/N-ethyl adjacent to an activating group) is 1. The van der Waals surface area contributed by atoms with Gasteiger partial charge in [-0.1, -0.05) is 19.3 Å².